The fraction of sp³-hybridized carbons (Fsp3) is 0.357. The Balaban J connectivity index is 1.93. The van der Waals surface area contributed by atoms with Crippen LogP contribution in [0.4, 0.5) is 10.5 Å². The van der Waals surface area contributed by atoms with Crippen LogP contribution in [0.25, 0.3) is 0 Å². The molecule has 0 bridgehead atoms. The zero-order valence-corrected chi connectivity index (χ0v) is 11.6. The Kier molecular flexibility index (Phi) is 4.42. The highest BCUT2D eigenvalue weighted by molar-refractivity contribution is 6.00. The smallest absolute Gasteiger partial charge is 0.337 e. The monoisotopic (exact) mass is 291 g/mol. The van der Waals surface area contributed by atoms with Crippen LogP contribution in [-0.4, -0.2) is 35.6 Å². The molecule has 7 heteroatoms. The summed E-state index contributed by atoms with van der Waals surface area (Å²) in [6, 6.07) is 4.20. The maximum absolute atomic E-state index is 11.8. The number of carbonyl (C=O) groups is 3. The highest BCUT2D eigenvalue weighted by Crippen LogP contribution is 2.17. The Bertz CT molecular complexity index is 586. The predicted molar refractivity (Wildman–Crippen MR) is 76.3 cm³/mol. The van der Waals surface area contributed by atoms with E-state index in [2.05, 4.69) is 16.0 Å². The van der Waals surface area contributed by atoms with Crippen LogP contribution in [0.5, 0.6) is 0 Å². The molecule has 1 aliphatic rings. The molecule has 1 unspecified atom stereocenters. The largest absolute Gasteiger partial charge is 0.478 e. The van der Waals surface area contributed by atoms with Crippen molar-refractivity contribution >= 4 is 23.6 Å². The number of carboxylic acid groups (broad SMARTS) is 1. The molecule has 1 fully saturated rings. The molecule has 0 aromatic heterocycles. The van der Waals surface area contributed by atoms with Crippen LogP contribution in [0, 0.1) is 6.92 Å². The molecular formula is C14H17N3O4. The number of hydrogen-bond donors (Lipinski definition) is 4. The number of aromatic carboxylic acids is 1. The second-order valence-corrected chi connectivity index (χ2v) is 4.99. The van der Waals surface area contributed by atoms with Gasteiger partial charge in [-0.2, -0.15) is 0 Å². The van der Waals surface area contributed by atoms with E-state index in [9.17, 15) is 14.4 Å². The second kappa shape index (κ2) is 6.25. The van der Waals surface area contributed by atoms with E-state index in [0.29, 0.717) is 19.4 Å². The molecule has 21 heavy (non-hydrogen) atoms. The Morgan fingerprint density at radius 1 is 1.43 bits per heavy atom. The third-order valence-corrected chi connectivity index (χ3v) is 3.25. The van der Waals surface area contributed by atoms with Gasteiger partial charge in [0.25, 0.3) is 0 Å². The van der Waals surface area contributed by atoms with Gasteiger partial charge in [0.1, 0.15) is 0 Å². The predicted octanol–water partition coefficient (Wildman–Crippen LogP) is 1.09. The van der Waals surface area contributed by atoms with E-state index in [1.165, 1.54) is 6.07 Å². The maximum Gasteiger partial charge on any atom is 0.337 e. The SMILES string of the molecule is Cc1ccc(NC(=O)NCC2CCC(=O)N2)c(C(=O)O)c1. The number of aryl methyl sites for hydroxylation is 1. The minimum Gasteiger partial charge on any atom is -0.478 e. The average molecular weight is 291 g/mol. The van der Waals surface area contributed by atoms with Crippen LogP contribution in [0.15, 0.2) is 18.2 Å². The number of rotatable bonds is 4. The van der Waals surface area contributed by atoms with E-state index in [1.807, 2.05) is 0 Å². The van der Waals surface area contributed by atoms with Gasteiger partial charge in [-0.1, -0.05) is 11.6 Å². The van der Waals surface area contributed by atoms with E-state index in [-0.39, 0.29) is 23.2 Å². The molecule has 0 radical (unpaired) electrons. The first-order chi connectivity index (χ1) is 9.95. The average Bonchev–Trinajstić information content (AvgIpc) is 2.84. The second-order valence-electron chi connectivity index (χ2n) is 4.99. The lowest BCUT2D eigenvalue weighted by molar-refractivity contribution is -0.119. The van der Waals surface area contributed by atoms with Crippen molar-refractivity contribution in [3.63, 3.8) is 0 Å². The number of carbonyl (C=O) groups excluding carboxylic acids is 2. The Morgan fingerprint density at radius 2 is 2.19 bits per heavy atom. The van der Waals surface area contributed by atoms with Crippen LogP contribution in [-0.2, 0) is 4.79 Å². The first-order valence-corrected chi connectivity index (χ1v) is 6.64. The van der Waals surface area contributed by atoms with E-state index in [0.717, 1.165) is 5.56 Å². The van der Waals surface area contributed by atoms with Gasteiger partial charge >= 0.3 is 12.0 Å². The van der Waals surface area contributed by atoms with Crippen molar-refractivity contribution in [3.05, 3.63) is 29.3 Å². The molecule has 112 valence electrons. The zero-order valence-electron chi connectivity index (χ0n) is 11.6. The van der Waals surface area contributed by atoms with Gasteiger partial charge in [0.2, 0.25) is 5.91 Å². The normalized spacial score (nSPS) is 17.2. The van der Waals surface area contributed by atoms with E-state index in [4.69, 9.17) is 5.11 Å². The molecule has 0 aliphatic carbocycles. The zero-order chi connectivity index (χ0) is 15.4. The fourth-order valence-corrected chi connectivity index (χ4v) is 2.16. The summed E-state index contributed by atoms with van der Waals surface area (Å²) in [5, 5.41) is 17.0. The standard InChI is InChI=1S/C14H17N3O4/c1-8-2-4-11(10(6-8)13(19)20)17-14(21)15-7-9-3-5-12(18)16-9/h2,4,6,9H,3,5,7H2,1H3,(H,16,18)(H,19,20)(H2,15,17,21). The Hall–Kier alpha value is -2.57. The quantitative estimate of drug-likeness (QED) is 0.666. The Morgan fingerprint density at radius 3 is 2.81 bits per heavy atom. The van der Waals surface area contributed by atoms with Crippen LogP contribution >= 0.6 is 0 Å². The molecule has 1 aliphatic heterocycles. The third-order valence-electron chi connectivity index (χ3n) is 3.25. The summed E-state index contributed by atoms with van der Waals surface area (Å²) >= 11 is 0. The lowest BCUT2D eigenvalue weighted by Gasteiger charge is -2.13. The fourth-order valence-electron chi connectivity index (χ4n) is 2.16. The van der Waals surface area contributed by atoms with E-state index < -0.39 is 12.0 Å². The van der Waals surface area contributed by atoms with Crippen molar-refractivity contribution in [2.45, 2.75) is 25.8 Å². The molecular weight excluding hydrogens is 274 g/mol. The van der Waals surface area contributed by atoms with Gasteiger partial charge in [0, 0.05) is 19.0 Å². The summed E-state index contributed by atoms with van der Waals surface area (Å²) in [6.07, 6.45) is 1.15. The molecule has 1 aromatic carbocycles. The van der Waals surface area contributed by atoms with Crippen molar-refractivity contribution < 1.29 is 19.5 Å². The molecule has 4 N–H and O–H groups in total. The van der Waals surface area contributed by atoms with Crippen LogP contribution in [0.2, 0.25) is 0 Å². The minimum absolute atomic E-state index is 0.0195. The van der Waals surface area contributed by atoms with Crippen LogP contribution in [0.3, 0.4) is 0 Å². The highest BCUT2D eigenvalue weighted by atomic mass is 16.4. The first kappa shape index (κ1) is 14.8. The minimum atomic E-state index is -1.10. The molecule has 1 atom stereocenters. The number of hydrogen-bond acceptors (Lipinski definition) is 3. The topological polar surface area (TPSA) is 108 Å². The van der Waals surface area contributed by atoms with Gasteiger partial charge in [0.15, 0.2) is 0 Å². The first-order valence-electron chi connectivity index (χ1n) is 6.64. The van der Waals surface area contributed by atoms with Crippen LogP contribution < -0.4 is 16.0 Å². The Labute approximate surface area is 121 Å². The molecule has 0 spiro atoms. The maximum atomic E-state index is 11.8. The highest BCUT2D eigenvalue weighted by Gasteiger charge is 2.21. The molecule has 7 nitrogen and oxygen atoms in total. The molecule has 1 saturated heterocycles. The van der Waals surface area contributed by atoms with Crippen molar-refractivity contribution in [1.82, 2.24) is 10.6 Å². The molecule has 0 saturated carbocycles. The summed E-state index contributed by atoms with van der Waals surface area (Å²) in [6.45, 7) is 2.09. The molecule has 1 aromatic rings. The van der Waals surface area contributed by atoms with Crippen molar-refractivity contribution in [2.75, 3.05) is 11.9 Å². The van der Waals surface area contributed by atoms with Crippen molar-refractivity contribution in [2.24, 2.45) is 0 Å². The van der Waals surface area contributed by atoms with Gasteiger partial charge in [-0.25, -0.2) is 9.59 Å². The van der Waals surface area contributed by atoms with Crippen molar-refractivity contribution in [3.8, 4) is 0 Å². The van der Waals surface area contributed by atoms with Crippen LogP contribution in [0.1, 0.15) is 28.8 Å². The summed E-state index contributed by atoms with van der Waals surface area (Å²) < 4.78 is 0. The lowest BCUT2D eigenvalue weighted by atomic mass is 10.1. The number of amides is 3. The molecule has 3 amide bonds. The van der Waals surface area contributed by atoms with Gasteiger partial charge in [-0.15, -0.1) is 0 Å². The molecule has 2 rings (SSSR count). The number of nitrogens with one attached hydrogen (secondary N) is 3. The summed E-state index contributed by atoms with van der Waals surface area (Å²) in [7, 11) is 0. The van der Waals surface area contributed by atoms with Crippen molar-refractivity contribution in [1.29, 1.82) is 0 Å². The number of anilines is 1. The summed E-state index contributed by atoms with van der Waals surface area (Å²) in [5.74, 6) is -1.12. The van der Waals surface area contributed by atoms with E-state index in [1.54, 1.807) is 19.1 Å². The number of benzene rings is 1. The van der Waals surface area contributed by atoms with Gasteiger partial charge in [0.05, 0.1) is 11.3 Å². The lowest BCUT2D eigenvalue weighted by Crippen LogP contribution is -2.40. The number of urea groups is 1. The van der Waals surface area contributed by atoms with Gasteiger partial charge < -0.3 is 21.1 Å². The number of carboxylic acids is 1. The summed E-state index contributed by atoms with van der Waals surface area (Å²) in [4.78, 5) is 34.0. The summed E-state index contributed by atoms with van der Waals surface area (Å²) in [5.41, 5.74) is 1.08. The van der Waals surface area contributed by atoms with Gasteiger partial charge in [-0.3, -0.25) is 4.79 Å². The van der Waals surface area contributed by atoms with E-state index >= 15 is 0 Å². The third kappa shape index (κ3) is 3.95. The molecule has 1 heterocycles. The van der Waals surface area contributed by atoms with Gasteiger partial charge in [-0.05, 0) is 25.5 Å².